The maximum Gasteiger partial charge on any atom is 0.386 e. The van der Waals surface area contributed by atoms with E-state index in [1.807, 2.05) is 0 Å². The number of ether oxygens (including phenoxy) is 16. The molecule has 0 spiro atoms. The number of phosphoric acid groups is 1. The third kappa shape index (κ3) is 26.1. The van der Waals surface area contributed by atoms with Gasteiger partial charge in [-0.2, -0.15) is 15.0 Å². The van der Waals surface area contributed by atoms with Crippen molar-refractivity contribution in [3.63, 3.8) is 0 Å². The molecule has 146 heavy (non-hydrogen) atoms. The van der Waals surface area contributed by atoms with Crippen LogP contribution >= 0.6 is 47.0 Å². The molecule has 9 aromatic heterocycles. The largest absolute Gasteiger partial charge is 0.780 e. The van der Waals surface area contributed by atoms with Crippen LogP contribution in [0.3, 0.4) is 0 Å². The third-order valence-corrected chi connectivity index (χ3v) is 30.9. The van der Waals surface area contributed by atoms with E-state index in [0.29, 0.717) is 23.1 Å². The van der Waals surface area contributed by atoms with Gasteiger partial charge in [0, 0.05) is 77.3 Å². The zero-order valence-electron chi connectivity index (χ0n) is 79.0. The number of thiol groups is 1. The molecule has 0 bridgehead atoms. The highest BCUT2D eigenvalue weighted by Crippen LogP contribution is 2.60. The summed E-state index contributed by atoms with van der Waals surface area (Å²) < 4.78 is 195. The molecular formula is C76H107N23O38P5S4-3. The fraction of sp³-hybridized carbons (Fsp3) is 0.645. The van der Waals surface area contributed by atoms with Gasteiger partial charge in [0.1, 0.15) is 147 Å². The van der Waals surface area contributed by atoms with Crippen LogP contribution in [-0.2, 0) is 166 Å². The van der Waals surface area contributed by atoms with Crippen LogP contribution in [0, 0.1) is 20.8 Å². The maximum absolute atomic E-state index is 15.6. The van der Waals surface area contributed by atoms with Crippen LogP contribution in [0.25, 0.3) is 33.5 Å². The quantitative estimate of drug-likeness (QED) is 0.0105. The minimum atomic E-state index is -6.18. The number of phosphoric ester groups is 1. The summed E-state index contributed by atoms with van der Waals surface area (Å²) >= 11 is 21.4. The van der Waals surface area contributed by atoms with Gasteiger partial charge >= 0.3 is 30.6 Å². The summed E-state index contributed by atoms with van der Waals surface area (Å²) in [6.45, 7) is -21.0. The van der Waals surface area contributed by atoms with Crippen molar-refractivity contribution in [2.75, 3.05) is 163 Å². The second kappa shape index (κ2) is 48.6. The fourth-order valence-corrected chi connectivity index (χ4v) is 23.5. The smallest absolute Gasteiger partial charge is 0.386 e. The third-order valence-electron chi connectivity index (χ3n) is 23.7. The second-order valence-electron chi connectivity index (χ2n) is 33.3. The van der Waals surface area contributed by atoms with Gasteiger partial charge in [0.05, 0.1) is 130 Å². The number of aryl methyl sites for hydroxylation is 3. The van der Waals surface area contributed by atoms with Crippen molar-refractivity contribution in [2.24, 2.45) is 0 Å². The molecule has 6 aliphatic heterocycles. The van der Waals surface area contributed by atoms with Gasteiger partial charge in [-0.15, -0.1) is 0 Å². The van der Waals surface area contributed by atoms with E-state index in [1.165, 1.54) is 89.9 Å². The molecule has 0 radical (unpaired) electrons. The Morgan fingerprint density at radius 2 is 0.829 bits per heavy atom. The van der Waals surface area contributed by atoms with Crippen LogP contribution in [0.1, 0.15) is 73.8 Å². The average molecular weight is 2230 g/mol. The molecule has 0 aliphatic carbocycles. The maximum atomic E-state index is 15.6. The van der Waals surface area contributed by atoms with Crippen molar-refractivity contribution in [3.05, 3.63) is 119 Å². The zero-order valence-corrected chi connectivity index (χ0v) is 86.8. The molecule has 14 N–H and O–H groups in total. The number of hydrogen-bond donors (Lipinski definition) is 10. The molecule has 70 heteroatoms. The number of fused-ring (bicyclic) bond motifs is 3. The number of hydrogen-bond acceptors (Lipinski definition) is 55. The van der Waals surface area contributed by atoms with E-state index in [0.717, 1.165) is 32.6 Å². The Morgan fingerprint density at radius 3 is 1.32 bits per heavy atom. The summed E-state index contributed by atoms with van der Waals surface area (Å²) in [6, 6.07) is 0. The van der Waals surface area contributed by atoms with Gasteiger partial charge in [-0.25, -0.2) is 53.8 Å². The predicted molar refractivity (Wildman–Crippen MR) is 509 cm³/mol. The Morgan fingerprint density at radius 1 is 0.432 bits per heavy atom. The molecule has 6 fully saturated rings. The highest BCUT2D eigenvalue weighted by atomic mass is 32.7. The number of nitrogens with one attached hydrogen (secondary N) is 2. The first-order chi connectivity index (χ1) is 69.6. The van der Waals surface area contributed by atoms with Gasteiger partial charge in [-0.05, 0) is 39.0 Å². The van der Waals surface area contributed by atoms with E-state index in [9.17, 15) is 34.0 Å². The lowest BCUT2D eigenvalue weighted by molar-refractivity contribution is -0.238. The van der Waals surface area contributed by atoms with Crippen LogP contribution in [0.2, 0.25) is 0 Å². The van der Waals surface area contributed by atoms with Gasteiger partial charge in [0.25, 0.3) is 18.9 Å². The first-order valence-electron chi connectivity index (χ1n) is 44.5. The number of anilines is 5. The average Bonchev–Trinajstić information content (AvgIpc) is 1.61. The van der Waals surface area contributed by atoms with Crippen LogP contribution in [0.5, 0.6) is 0 Å². The standard InChI is InChI=1S/C76H110N23O38P5S4/c1-10-38-39(21-45(127-38)97-32-86-46-61(79)82-30-84-63(46)97)133-139(108,143)124-28-43-53(58(121-20-15-116-9)72(132-43)99-34-88-48-65(99)91-73(81)92-67(48)102)137-141(110,145)125-27-42-50(55(118-17-12-113-6)69(130-42)95-23-36(3)60(78)90-75(95)104)134-138(106,107)122-26-41-51(56(119-18-13-114-7)70(129-41)96-24-37(4)66(101)93-76(96)105)135-142(111,146)126-29-44-52(57(120-19-14-115-8)71(131-44)98-33-87-47-62(80)83-31-85-64(47)98)136-140(109,144)123-25-40-49(100)54(117-16-11-112-5)68(128-40)94-22-35(2)59(77)89-74(94)103/h22-24,30-34,38-45,49-58,68-72,100H,10-21,25-29H2,1-9H3,(H,106,107)(H,108,143)(H,109,144)(H,110,145)(H,111,146)(H2,77,89,103)(H2,78,90,104)(H2,79,82,84)(H2,80,83,85)(H,93,101,105)(H3,81,91,92,102)/p-3/t38-,39-,40-,41-,42-,43-,44-,45-,49+,50+,51+,52+,53+,54?,55?,56?,57?,58?,68-,69-,70-,71-,72-,139?,140?,141?,142?/m1/s1. The zero-order chi connectivity index (χ0) is 105. The number of imidazole rings is 3. The van der Waals surface area contributed by atoms with E-state index < -0.39 is 250 Å². The Balaban J connectivity index is 0.719. The summed E-state index contributed by atoms with van der Waals surface area (Å²) in [4.78, 5) is 172. The minimum absolute atomic E-state index is 0.0327. The molecule has 15 heterocycles. The number of aromatic amines is 2. The van der Waals surface area contributed by atoms with Crippen molar-refractivity contribution in [2.45, 2.75) is 182 Å². The van der Waals surface area contributed by atoms with Crippen LogP contribution < -0.4 is 71.5 Å². The topological polar surface area (TPSA) is 789 Å². The van der Waals surface area contributed by atoms with E-state index in [1.54, 1.807) is 18.4 Å². The number of rotatable bonds is 52. The van der Waals surface area contributed by atoms with Crippen LogP contribution in [-0.4, -0.2) is 336 Å². The van der Waals surface area contributed by atoms with Crippen molar-refractivity contribution >= 4 is 145 Å². The summed E-state index contributed by atoms with van der Waals surface area (Å²) in [5, 5.41) is 11.8. The molecular weight excluding hydrogens is 2130 g/mol. The van der Waals surface area contributed by atoms with Gasteiger partial charge in [0.15, 0.2) is 65.2 Å². The first-order valence-corrected chi connectivity index (χ1v) is 56.4. The first kappa shape index (κ1) is 113. The highest BCUT2D eigenvalue weighted by molar-refractivity contribution is 8.44. The number of aromatic nitrogens is 18. The summed E-state index contributed by atoms with van der Waals surface area (Å²) in [5.41, 5.74) is 26.5. The number of nitrogens with two attached hydrogens (primary N) is 5. The SMILES string of the molecule is CC[C@H]1O[C@@H](n2cnc3c(N)ncnc32)C[C@H]1OP(O)(=S)OC[C@H]1O[C@@H](n2cnc3c(=O)[nH]c(N)nc32)C(OCCOC)[C@H]1OP([O-])(=S)OC[C@H]1O[C@@H](n2cc(C)c(N)nc2=O)C(OCCOC)[C@H]1OP(=O)([O-])OC[C@H]1O[C@@H](n2cc(C)c(=O)[nH]c2=O)C(OCCOC)[C@H]1OP(=O)(S)OC[C@H]1O[C@@H](n2cnc3c(N)ncnc32)C(OCCOC)[C@H]1OP([O-])(=S)OC[C@H]1O[C@@H](n2cc(C)c(N)nc2=O)C(OCCOC)[C@H]1O. The number of aliphatic hydroxyl groups is 1. The molecule has 28 atom stereocenters. The number of nitrogen functional groups attached to an aromatic ring is 5. The lowest BCUT2D eigenvalue weighted by atomic mass is 10.1. The van der Waals surface area contributed by atoms with Crippen molar-refractivity contribution in [1.29, 1.82) is 0 Å². The summed E-state index contributed by atoms with van der Waals surface area (Å²) in [7, 11) is 0.550. The van der Waals surface area contributed by atoms with E-state index in [4.69, 9.17) is 185 Å². The van der Waals surface area contributed by atoms with Gasteiger partial charge < -0.3 is 165 Å². The number of aliphatic hydroxyl groups excluding tert-OH is 1. The lowest BCUT2D eigenvalue weighted by Gasteiger charge is -2.36. The molecule has 15 rings (SSSR count). The molecule has 6 aliphatic rings. The Labute approximate surface area is 846 Å². The Bertz CT molecular complexity index is 6640. The van der Waals surface area contributed by atoms with Crippen LogP contribution in [0.15, 0.2) is 74.2 Å². The molecule has 9 aromatic rings. The predicted octanol–water partition coefficient (Wildman–Crippen LogP) is -2.70. The number of H-pyrrole nitrogens is 2. The molecule has 61 nitrogen and oxygen atoms in total. The molecule has 0 amide bonds. The number of methoxy groups -OCH3 is 5. The Kier molecular flexibility index (Phi) is 37.4. The summed E-state index contributed by atoms with van der Waals surface area (Å²) in [6.07, 6.45) is -26.4. The lowest BCUT2D eigenvalue weighted by Crippen LogP contribution is -2.42. The van der Waals surface area contributed by atoms with Crippen molar-refractivity contribution < 1.29 is 155 Å². The van der Waals surface area contributed by atoms with Crippen LogP contribution in [0.4, 0.5) is 29.2 Å². The highest BCUT2D eigenvalue weighted by Gasteiger charge is 2.57. The van der Waals surface area contributed by atoms with Crippen molar-refractivity contribution in [1.82, 2.24) is 87.2 Å². The molecule has 10 unspecified atom stereocenters. The second-order valence-corrected chi connectivity index (χ2v) is 45.8. The number of nitrogens with zero attached hydrogens (tertiary/aromatic N) is 16. The van der Waals surface area contributed by atoms with Gasteiger partial charge in [-0.1, -0.05) is 42.8 Å². The Hall–Kier alpha value is -7.59. The monoisotopic (exact) mass is 2230 g/mol. The van der Waals surface area contributed by atoms with E-state index in [2.05, 4.69) is 72.1 Å². The fourth-order valence-electron chi connectivity index (χ4n) is 16.7. The van der Waals surface area contributed by atoms with Gasteiger partial charge in [-0.3, -0.25) is 60.6 Å². The summed E-state index contributed by atoms with van der Waals surface area (Å²) in [5.74, 6) is -0.649. The van der Waals surface area contributed by atoms with E-state index >= 15 is 23.8 Å². The minimum Gasteiger partial charge on any atom is -0.780 e. The molecule has 6 saturated heterocycles. The van der Waals surface area contributed by atoms with Crippen molar-refractivity contribution in [3.8, 4) is 0 Å². The molecule has 0 saturated carbocycles. The van der Waals surface area contributed by atoms with Gasteiger partial charge in [0.2, 0.25) is 5.95 Å². The molecule has 0 aromatic carbocycles. The molecule has 806 valence electrons. The van der Waals surface area contributed by atoms with E-state index in [-0.39, 0.29) is 122 Å². The normalized spacial score (nSPS) is 29.1.